The van der Waals surface area contributed by atoms with Gasteiger partial charge >= 0.3 is 12.6 Å². The third kappa shape index (κ3) is 2.66. The van der Waals surface area contributed by atoms with Crippen molar-refractivity contribution in [2.24, 2.45) is 0 Å². The molecular weight excluding hydrogens is 248 g/mol. The normalized spacial score (nSPS) is 9.78. The lowest BCUT2D eigenvalue weighted by atomic mass is 10.1. The average Bonchev–Trinajstić information content (AvgIpc) is 2.36. The summed E-state index contributed by atoms with van der Waals surface area (Å²) in [6, 6.07) is 4.08. The van der Waals surface area contributed by atoms with Crippen LogP contribution in [0.25, 0.3) is 0 Å². The molecule has 96 valence electrons. The summed E-state index contributed by atoms with van der Waals surface area (Å²) in [6.45, 7) is -3.14. The molecule has 0 bridgehead atoms. The zero-order valence-corrected chi connectivity index (χ0v) is 9.57. The van der Waals surface area contributed by atoms with Crippen molar-refractivity contribution in [3.05, 3.63) is 23.3 Å². The fraction of sp³-hybridized carbons (Fsp3) is 0.273. The molecule has 0 saturated heterocycles. The van der Waals surface area contributed by atoms with Crippen LogP contribution in [0.4, 0.5) is 8.78 Å². The van der Waals surface area contributed by atoms with Gasteiger partial charge in [-0.05, 0) is 12.1 Å². The van der Waals surface area contributed by atoms with Gasteiger partial charge in [-0.3, -0.25) is 0 Å². The number of alkyl halides is 2. The third-order valence-electron chi connectivity index (χ3n) is 2.05. The predicted octanol–water partition coefficient (Wildman–Crippen LogP) is 1.95. The Labute approximate surface area is 101 Å². The standard InChI is InChI=1S/C11H9F2NO4/c1-16-9-7(10(15)17-2)4-3-6(5-14)8(9)18-11(12)13/h3-4,11H,1-2H3. The van der Waals surface area contributed by atoms with Gasteiger partial charge in [0, 0.05) is 0 Å². The molecule has 7 heteroatoms. The summed E-state index contributed by atoms with van der Waals surface area (Å²) in [7, 11) is 2.30. The number of hydrogen-bond acceptors (Lipinski definition) is 5. The van der Waals surface area contributed by atoms with Gasteiger partial charge in [-0.25, -0.2) is 4.79 Å². The fourth-order valence-corrected chi connectivity index (χ4v) is 1.33. The second kappa shape index (κ2) is 5.82. The van der Waals surface area contributed by atoms with Crippen LogP contribution in [-0.4, -0.2) is 26.8 Å². The SMILES string of the molecule is COC(=O)c1ccc(C#N)c(OC(F)F)c1OC. The number of methoxy groups -OCH3 is 2. The van der Waals surface area contributed by atoms with E-state index in [9.17, 15) is 13.6 Å². The molecule has 18 heavy (non-hydrogen) atoms. The number of carbonyl (C=O) groups is 1. The highest BCUT2D eigenvalue weighted by atomic mass is 19.3. The van der Waals surface area contributed by atoms with Crippen LogP contribution in [0.1, 0.15) is 15.9 Å². The van der Waals surface area contributed by atoms with Crippen LogP contribution in [0.2, 0.25) is 0 Å². The van der Waals surface area contributed by atoms with Gasteiger partial charge in [0.1, 0.15) is 11.6 Å². The first-order chi connectivity index (χ1) is 8.54. The minimum Gasteiger partial charge on any atom is -0.492 e. The number of esters is 1. The first-order valence-electron chi connectivity index (χ1n) is 4.69. The lowest BCUT2D eigenvalue weighted by molar-refractivity contribution is -0.0515. The van der Waals surface area contributed by atoms with E-state index in [4.69, 9.17) is 10.00 Å². The van der Waals surface area contributed by atoms with Gasteiger partial charge in [0.15, 0.2) is 11.5 Å². The third-order valence-corrected chi connectivity index (χ3v) is 2.05. The van der Waals surface area contributed by atoms with Crippen molar-refractivity contribution in [3.8, 4) is 17.6 Å². The van der Waals surface area contributed by atoms with Gasteiger partial charge in [0.25, 0.3) is 0 Å². The number of nitriles is 1. The minimum atomic E-state index is -3.14. The number of benzene rings is 1. The molecule has 0 spiro atoms. The molecule has 5 nitrogen and oxygen atoms in total. The van der Waals surface area contributed by atoms with E-state index in [1.165, 1.54) is 19.2 Å². The maximum Gasteiger partial charge on any atom is 0.387 e. The Hall–Kier alpha value is -2.36. The Morgan fingerprint density at radius 3 is 2.44 bits per heavy atom. The first-order valence-corrected chi connectivity index (χ1v) is 4.69. The molecule has 0 N–H and O–H groups in total. The summed E-state index contributed by atoms with van der Waals surface area (Å²) in [5.41, 5.74) is -0.269. The highest BCUT2D eigenvalue weighted by Crippen LogP contribution is 2.36. The van der Waals surface area contributed by atoms with Crippen LogP contribution in [0.15, 0.2) is 12.1 Å². The van der Waals surface area contributed by atoms with E-state index in [2.05, 4.69) is 9.47 Å². The second-order valence-electron chi connectivity index (χ2n) is 3.00. The maximum atomic E-state index is 12.3. The van der Waals surface area contributed by atoms with Crippen molar-refractivity contribution in [2.75, 3.05) is 14.2 Å². The number of carbonyl (C=O) groups excluding carboxylic acids is 1. The highest BCUT2D eigenvalue weighted by molar-refractivity contribution is 5.94. The monoisotopic (exact) mass is 257 g/mol. The summed E-state index contributed by atoms with van der Waals surface area (Å²) in [5.74, 6) is -1.53. The van der Waals surface area contributed by atoms with Gasteiger partial charge in [0.05, 0.1) is 19.8 Å². The number of hydrogen-bond donors (Lipinski definition) is 0. The van der Waals surface area contributed by atoms with E-state index in [0.717, 1.165) is 7.11 Å². The lowest BCUT2D eigenvalue weighted by Gasteiger charge is -2.13. The molecule has 0 unspecified atom stereocenters. The molecule has 0 aliphatic carbocycles. The maximum absolute atomic E-state index is 12.3. The number of ether oxygens (including phenoxy) is 3. The Bertz CT molecular complexity index is 497. The molecule has 0 radical (unpaired) electrons. The van der Waals surface area contributed by atoms with Gasteiger partial charge in [-0.1, -0.05) is 0 Å². The van der Waals surface area contributed by atoms with E-state index in [0.29, 0.717) is 0 Å². The van der Waals surface area contributed by atoms with Crippen LogP contribution in [0.5, 0.6) is 11.5 Å². The largest absolute Gasteiger partial charge is 0.492 e. The van der Waals surface area contributed by atoms with Crippen molar-refractivity contribution in [3.63, 3.8) is 0 Å². The molecular formula is C11H9F2NO4. The van der Waals surface area contributed by atoms with E-state index < -0.39 is 18.3 Å². The molecule has 1 aromatic rings. The number of rotatable bonds is 4. The summed E-state index contributed by atoms with van der Waals surface area (Å²) >= 11 is 0. The van der Waals surface area contributed by atoms with Crippen molar-refractivity contribution in [1.82, 2.24) is 0 Å². The average molecular weight is 257 g/mol. The minimum absolute atomic E-state index is 0.102. The smallest absolute Gasteiger partial charge is 0.387 e. The van der Waals surface area contributed by atoms with Crippen LogP contribution in [0, 0.1) is 11.3 Å². The number of halogens is 2. The van der Waals surface area contributed by atoms with Crippen LogP contribution >= 0.6 is 0 Å². The Balaban J connectivity index is 3.42. The lowest BCUT2D eigenvalue weighted by Crippen LogP contribution is -2.10. The zero-order valence-electron chi connectivity index (χ0n) is 9.57. The molecule has 1 rings (SSSR count). The van der Waals surface area contributed by atoms with Crippen molar-refractivity contribution < 1.29 is 27.8 Å². The molecule has 0 heterocycles. The van der Waals surface area contributed by atoms with Gasteiger partial charge in [0.2, 0.25) is 0 Å². The van der Waals surface area contributed by atoms with E-state index in [1.807, 2.05) is 0 Å². The quantitative estimate of drug-likeness (QED) is 0.771. The molecule has 0 amide bonds. The predicted molar refractivity (Wildman–Crippen MR) is 55.7 cm³/mol. The Kier molecular flexibility index (Phi) is 4.43. The van der Waals surface area contributed by atoms with Crippen LogP contribution in [0.3, 0.4) is 0 Å². The van der Waals surface area contributed by atoms with Crippen LogP contribution < -0.4 is 9.47 Å². The van der Waals surface area contributed by atoms with Gasteiger partial charge < -0.3 is 14.2 Å². The van der Waals surface area contributed by atoms with Gasteiger partial charge in [-0.2, -0.15) is 14.0 Å². The molecule has 1 aromatic carbocycles. The first kappa shape index (κ1) is 13.7. The Morgan fingerprint density at radius 1 is 1.33 bits per heavy atom. The molecule has 0 saturated carbocycles. The van der Waals surface area contributed by atoms with Crippen LogP contribution in [-0.2, 0) is 4.74 Å². The van der Waals surface area contributed by atoms with E-state index in [1.54, 1.807) is 6.07 Å². The summed E-state index contributed by atoms with van der Waals surface area (Å²) in [5, 5.41) is 8.79. The Morgan fingerprint density at radius 2 is 2.00 bits per heavy atom. The van der Waals surface area contributed by atoms with Crippen molar-refractivity contribution in [1.29, 1.82) is 5.26 Å². The molecule has 0 aliphatic heterocycles. The fourth-order valence-electron chi connectivity index (χ4n) is 1.33. The van der Waals surface area contributed by atoms with Crippen molar-refractivity contribution >= 4 is 5.97 Å². The van der Waals surface area contributed by atoms with Crippen molar-refractivity contribution in [2.45, 2.75) is 6.61 Å². The topological polar surface area (TPSA) is 68.6 Å². The summed E-state index contributed by atoms with van der Waals surface area (Å²) in [6.07, 6.45) is 0. The molecule has 0 aliphatic rings. The zero-order chi connectivity index (χ0) is 13.7. The summed E-state index contributed by atoms with van der Waals surface area (Å²) in [4.78, 5) is 11.4. The molecule has 0 aromatic heterocycles. The van der Waals surface area contributed by atoms with E-state index >= 15 is 0 Å². The molecule has 0 atom stereocenters. The highest BCUT2D eigenvalue weighted by Gasteiger charge is 2.23. The molecule has 0 fully saturated rings. The second-order valence-corrected chi connectivity index (χ2v) is 3.00. The van der Waals surface area contributed by atoms with Gasteiger partial charge in [-0.15, -0.1) is 0 Å². The van der Waals surface area contributed by atoms with E-state index in [-0.39, 0.29) is 16.9 Å². The summed E-state index contributed by atoms with van der Waals surface area (Å²) < 4.78 is 38.0. The number of nitrogens with zero attached hydrogens (tertiary/aromatic N) is 1.